The molecule has 1 N–H and O–H groups in total. The van der Waals surface area contributed by atoms with E-state index in [9.17, 15) is 13.2 Å². The Hall–Kier alpha value is -2.30. The maximum Gasteiger partial charge on any atom is 0.240 e. The Kier molecular flexibility index (Phi) is 6.71. The summed E-state index contributed by atoms with van der Waals surface area (Å²) >= 11 is 8.99. The van der Waals surface area contributed by atoms with Gasteiger partial charge in [-0.15, -0.1) is 22.7 Å². The summed E-state index contributed by atoms with van der Waals surface area (Å²) in [5.74, 6) is -1.21. The second kappa shape index (κ2) is 9.63. The van der Waals surface area contributed by atoms with Crippen LogP contribution in [0.5, 0.6) is 0 Å². The van der Waals surface area contributed by atoms with Gasteiger partial charge in [-0.25, -0.2) is 13.4 Å². The Morgan fingerprint density at radius 1 is 1.14 bits per heavy atom. The van der Waals surface area contributed by atoms with Crippen molar-refractivity contribution in [3.63, 3.8) is 0 Å². The largest absolute Gasteiger partial charge is 0.316 e. The van der Waals surface area contributed by atoms with Crippen LogP contribution in [0.15, 0.2) is 53.4 Å². The molecule has 5 rings (SSSR count). The normalized spacial score (nSPS) is 14.4. The molecule has 0 atom stereocenters. The topological polar surface area (TPSA) is 79.4 Å². The molecule has 0 radical (unpaired) electrons. The first-order valence-electron chi connectivity index (χ1n) is 11.2. The number of fused-ring (bicyclic) bond motifs is 2. The van der Waals surface area contributed by atoms with Crippen LogP contribution in [-0.4, -0.2) is 42.5 Å². The van der Waals surface area contributed by atoms with Crippen LogP contribution in [0.3, 0.4) is 0 Å². The summed E-state index contributed by atoms with van der Waals surface area (Å²) in [6.07, 6.45) is 0.855. The number of thiazole rings is 1. The van der Waals surface area contributed by atoms with Gasteiger partial charge in [0.05, 0.1) is 15.1 Å². The number of hydrogen-bond acceptors (Lipinski definition) is 7. The lowest BCUT2D eigenvalue weighted by atomic mass is 10.0. The van der Waals surface area contributed by atoms with Crippen LogP contribution in [0, 0.1) is 0 Å². The molecule has 3 heterocycles. The van der Waals surface area contributed by atoms with Gasteiger partial charge in [-0.3, -0.25) is 9.69 Å². The van der Waals surface area contributed by atoms with E-state index in [0.29, 0.717) is 16.1 Å². The SMILES string of the molecule is CC(C)N1CCc2c(sc(NC(=O)CS(=O)(=O)c3ccc(Cl)cc3)c2-c2nc3ccccc3s2)C1. The molecule has 0 fully saturated rings. The third-order valence-electron chi connectivity index (χ3n) is 6.07. The molecule has 0 aliphatic carbocycles. The highest BCUT2D eigenvalue weighted by molar-refractivity contribution is 7.92. The summed E-state index contributed by atoms with van der Waals surface area (Å²) < 4.78 is 26.7. The standard InChI is InChI=1S/C25H24ClN3O3S3/c1-15(2)29-12-11-18-21(13-29)34-25(23(18)24-27-19-5-3-4-6-20(19)33-24)28-22(30)14-35(31,32)17-9-7-16(26)8-10-17/h3-10,15H,11-14H2,1-2H3,(H,28,30). The first kappa shape index (κ1) is 24.4. The lowest BCUT2D eigenvalue weighted by Crippen LogP contribution is -2.35. The highest BCUT2D eigenvalue weighted by Crippen LogP contribution is 2.45. The van der Waals surface area contributed by atoms with Gasteiger partial charge >= 0.3 is 0 Å². The first-order chi connectivity index (χ1) is 16.7. The van der Waals surface area contributed by atoms with Gasteiger partial charge in [0.15, 0.2) is 9.84 Å². The lowest BCUT2D eigenvalue weighted by Gasteiger charge is -2.30. The van der Waals surface area contributed by atoms with E-state index >= 15 is 0 Å². The predicted molar refractivity (Wildman–Crippen MR) is 144 cm³/mol. The number of sulfone groups is 1. The minimum atomic E-state index is -3.80. The number of rotatable bonds is 6. The number of carbonyl (C=O) groups excluding carboxylic acids is 1. The number of halogens is 1. The van der Waals surface area contributed by atoms with E-state index in [2.05, 4.69) is 24.1 Å². The molecule has 10 heteroatoms. The molecule has 4 aromatic rings. The predicted octanol–water partition coefficient (Wildman–Crippen LogP) is 5.86. The number of para-hydroxylation sites is 1. The quantitative estimate of drug-likeness (QED) is 0.328. The maximum atomic E-state index is 13.0. The molecule has 35 heavy (non-hydrogen) atoms. The number of nitrogens with one attached hydrogen (secondary N) is 1. The minimum Gasteiger partial charge on any atom is -0.316 e. The number of aromatic nitrogens is 1. The molecule has 0 spiro atoms. The van der Waals surface area contributed by atoms with Crippen LogP contribution >= 0.6 is 34.3 Å². The summed E-state index contributed by atoms with van der Waals surface area (Å²) in [5, 5.41) is 4.86. The van der Waals surface area contributed by atoms with Gasteiger partial charge in [0.1, 0.15) is 15.8 Å². The van der Waals surface area contributed by atoms with Gasteiger partial charge in [-0.2, -0.15) is 0 Å². The van der Waals surface area contributed by atoms with Crippen LogP contribution in [-0.2, 0) is 27.6 Å². The van der Waals surface area contributed by atoms with Gasteiger partial charge in [0.25, 0.3) is 0 Å². The summed E-state index contributed by atoms with van der Waals surface area (Å²) in [4.78, 5) is 21.5. The smallest absolute Gasteiger partial charge is 0.240 e. The van der Waals surface area contributed by atoms with Crippen molar-refractivity contribution in [2.24, 2.45) is 0 Å². The van der Waals surface area contributed by atoms with Crippen molar-refractivity contribution in [2.75, 3.05) is 17.6 Å². The van der Waals surface area contributed by atoms with Crippen LogP contribution in [0.2, 0.25) is 5.02 Å². The van der Waals surface area contributed by atoms with E-state index < -0.39 is 21.5 Å². The maximum absolute atomic E-state index is 13.0. The zero-order chi connectivity index (χ0) is 24.7. The van der Waals surface area contributed by atoms with Crippen molar-refractivity contribution in [3.8, 4) is 10.6 Å². The summed E-state index contributed by atoms with van der Waals surface area (Å²) in [7, 11) is -3.80. The summed E-state index contributed by atoms with van der Waals surface area (Å²) in [6, 6.07) is 14.2. The summed E-state index contributed by atoms with van der Waals surface area (Å²) in [5.41, 5.74) is 3.03. The number of anilines is 1. The van der Waals surface area contributed by atoms with E-state index in [-0.39, 0.29) is 4.90 Å². The third-order valence-corrected chi connectivity index (χ3v) is 10.1. The molecule has 2 aromatic carbocycles. The van der Waals surface area contributed by atoms with E-state index in [1.807, 2.05) is 24.3 Å². The molecule has 0 bridgehead atoms. The minimum absolute atomic E-state index is 0.0708. The van der Waals surface area contributed by atoms with E-state index in [4.69, 9.17) is 16.6 Å². The van der Waals surface area contributed by atoms with Gasteiger partial charge in [0, 0.05) is 34.6 Å². The number of hydrogen-bond donors (Lipinski definition) is 1. The molecule has 1 aliphatic rings. The van der Waals surface area contributed by atoms with E-state index in [0.717, 1.165) is 40.3 Å². The Labute approximate surface area is 217 Å². The van der Waals surface area contributed by atoms with Crippen molar-refractivity contribution in [2.45, 2.75) is 37.8 Å². The molecule has 182 valence electrons. The van der Waals surface area contributed by atoms with E-state index in [1.54, 1.807) is 11.3 Å². The van der Waals surface area contributed by atoms with Crippen molar-refractivity contribution < 1.29 is 13.2 Å². The van der Waals surface area contributed by atoms with Gasteiger partial charge in [0.2, 0.25) is 5.91 Å². The third kappa shape index (κ3) is 5.01. The second-order valence-electron chi connectivity index (χ2n) is 8.77. The van der Waals surface area contributed by atoms with Crippen LogP contribution in [0.25, 0.3) is 20.8 Å². The molecular weight excluding hydrogens is 522 g/mol. The van der Waals surface area contributed by atoms with Crippen molar-refractivity contribution in [1.82, 2.24) is 9.88 Å². The van der Waals surface area contributed by atoms with Crippen LogP contribution in [0.1, 0.15) is 24.3 Å². The molecule has 0 unspecified atom stereocenters. The van der Waals surface area contributed by atoms with Crippen LogP contribution < -0.4 is 5.32 Å². The number of carbonyl (C=O) groups is 1. The average Bonchev–Trinajstić information content (AvgIpc) is 3.38. The monoisotopic (exact) mass is 545 g/mol. The fraction of sp³-hybridized carbons (Fsp3) is 0.280. The van der Waals surface area contributed by atoms with Gasteiger partial charge in [-0.1, -0.05) is 23.7 Å². The van der Waals surface area contributed by atoms with Crippen molar-refractivity contribution in [1.29, 1.82) is 0 Å². The molecular formula is C25H24ClN3O3S3. The fourth-order valence-electron chi connectivity index (χ4n) is 4.22. The zero-order valence-electron chi connectivity index (χ0n) is 19.2. The highest BCUT2D eigenvalue weighted by atomic mass is 35.5. The van der Waals surface area contributed by atoms with E-state index in [1.165, 1.54) is 46.0 Å². The molecule has 1 aliphatic heterocycles. The average molecular weight is 546 g/mol. The molecule has 0 saturated carbocycles. The fourth-order valence-corrected chi connectivity index (χ4v) is 7.88. The Morgan fingerprint density at radius 3 is 2.60 bits per heavy atom. The first-order valence-corrected chi connectivity index (χ1v) is 14.9. The number of benzene rings is 2. The Balaban J connectivity index is 1.49. The Bertz CT molecular complexity index is 1470. The zero-order valence-corrected chi connectivity index (χ0v) is 22.5. The molecule has 1 amide bonds. The van der Waals surface area contributed by atoms with Gasteiger partial charge in [-0.05, 0) is 62.2 Å². The van der Waals surface area contributed by atoms with Crippen molar-refractivity contribution >= 4 is 65.2 Å². The van der Waals surface area contributed by atoms with Gasteiger partial charge < -0.3 is 5.32 Å². The van der Waals surface area contributed by atoms with Crippen LogP contribution in [0.4, 0.5) is 5.00 Å². The Morgan fingerprint density at radius 2 is 1.89 bits per heavy atom. The molecule has 0 saturated heterocycles. The molecule has 6 nitrogen and oxygen atoms in total. The number of nitrogens with zero attached hydrogens (tertiary/aromatic N) is 2. The molecule has 2 aromatic heterocycles. The number of amides is 1. The van der Waals surface area contributed by atoms with Crippen molar-refractivity contribution in [3.05, 3.63) is 64.0 Å². The number of thiophene rings is 1. The second-order valence-corrected chi connectivity index (χ2v) is 13.3. The highest BCUT2D eigenvalue weighted by Gasteiger charge is 2.29. The lowest BCUT2D eigenvalue weighted by molar-refractivity contribution is -0.113. The summed E-state index contributed by atoms with van der Waals surface area (Å²) in [6.45, 7) is 6.08.